The summed E-state index contributed by atoms with van der Waals surface area (Å²) in [5, 5.41) is 1.16. The molecular weight excluding hydrogens is 293 g/mol. The van der Waals surface area contributed by atoms with Crippen molar-refractivity contribution in [2.45, 2.75) is 19.9 Å². The summed E-state index contributed by atoms with van der Waals surface area (Å²) >= 11 is 12.5. The van der Waals surface area contributed by atoms with Crippen LogP contribution >= 0.6 is 23.2 Å². The summed E-state index contributed by atoms with van der Waals surface area (Å²) in [5.74, 6) is 0.851. The van der Waals surface area contributed by atoms with Gasteiger partial charge in [0.15, 0.2) is 0 Å². The van der Waals surface area contributed by atoms with Gasteiger partial charge in [0.2, 0.25) is 0 Å². The molecule has 0 saturated heterocycles. The topological polar surface area (TPSA) is 35.2 Å². The lowest BCUT2D eigenvalue weighted by Crippen LogP contribution is -2.15. The molecule has 0 radical (unpaired) electrons. The highest BCUT2D eigenvalue weighted by molar-refractivity contribution is 6.36. The molecule has 2 rings (SSSR count). The zero-order chi connectivity index (χ0) is 14.9. The van der Waals surface area contributed by atoms with E-state index < -0.39 is 0 Å². The van der Waals surface area contributed by atoms with E-state index in [0.29, 0.717) is 10.0 Å². The highest BCUT2D eigenvalue weighted by atomic mass is 35.5. The largest absolute Gasteiger partial charge is 0.496 e. The van der Waals surface area contributed by atoms with E-state index in [-0.39, 0.29) is 6.04 Å². The van der Waals surface area contributed by atoms with Gasteiger partial charge in [-0.25, -0.2) is 0 Å². The van der Waals surface area contributed by atoms with Gasteiger partial charge in [0, 0.05) is 15.6 Å². The van der Waals surface area contributed by atoms with E-state index in [9.17, 15) is 0 Å². The Kier molecular flexibility index (Phi) is 4.59. The van der Waals surface area contributed by atoms with Gasteiger partial charge in [-0.15, -0.1) is 0 Å². The fraction of sp³-hybridized carbons (Fsp3) is 0.250. The Hall–Kier alpha value is -1.22. The molecule has 0 spiro atoms. The van der Waals surface area contributed by atoms with Crippen LogP contribution in [-0.4, -0.2) is 7.11 Å². The number of methoxy groups -OCH3 is 1. The second-order valence-corrected chi connectivity index (χ2v) is 5.61. The van der Waals surface area contributed by atoms with Gasteiger partial charge in [-0.3, -0.25) is 0 Å². The molecule has 2 N–H and O–H groups in total. The lowest BCUT2D eigenvalue weighted by molar-refractivity contribution is 0.411. The maximum absolute atomic E-state index is 6.37. The van der Waals surface area contributed by atoms with Crippen LogP contribution in [0, 0.1) is 13.8 Å². The second kappa shape index (κ2) is 6.04. The van der Waals surface area contributed by atoms with Gasteiger partial charge < -0.3 is 10.5 Å². The first-order valence-corrected chi connectivity index (χ1v) is 7.06. The van der Waals surface area contributed by atoms with Crippen molar-refractivity contribution in [2.24, 2.45) is 5.73 Å². The van der Waals surface area contributed by atoms with E-state index in [4.69, 9.17) is 33.7 Å². The molecule has 0 aliphatic carbocycles. The van der Waals surface area contributed by atoms with Crippen LogP contribution in [0.4, 0.5) is 0 Å². The minimum Gasteiger partial charge on any atom is -0.496 e. The smallest absolute Gasteiger partial charge is 0.122 e. The monoisotopic (exact) mass is 309 g/mol. The first-order chi connectivity index (χ1) is 9.45. The number of hydrogen-bond acceptors (Lipinski definition) is 2. The summed E-state index contributed by atoms with van der Waals surface area (Å²) in [7, 11) is 1.66. The normalized spacial score (nSPS) is 12.3. The average molecular weight is 310 g/mol. The Balaban J connectivity index is 2.54. The van der Waals surface area contributed by atoms with E-state index in [0.717, 1.165) is 28.0 Å². The third-order valence-electron chi connectivity index (χ3n) is 3.43. The van der Waals surface area contributed by atoms with Gasteiger partial charge in [-0.1, -0.05) is 35.3 Å². The predicted octanol–water partition coefficient (Wildman–Crippen LogP) is 4.67. The Morgan fingerprint density at radius 3 is 2.20 bits per heavy atom. The van der Waals surface area contributed by atoms with Crippen molar-refractivity contribution in [3.05, 3.63) is 62.6 Å². The fourth-order valence-corrected chi connectivity index (χ4v) is 2.96. The van der Waals surface area contributed by atoms with E-state index in [2.05, 4.69) is 0 Å². The Bertz CT molecular complexity index is 620. The maximum atomic E-state index is 6.37. The SMILES string of the molecule is COc1cc(C)c(C(N)c2c(Cl)cccc2Cl)cc1C. The van der Waals surface area contributed by atoms with E-state index in [1.54, 1.807) is 19.2 Å². The summed E-state index contributed by atoms with van der Waals surface area (Å²) in [6.45, 7) is 3.99. The van der Waals surface area contributed by atoms with Crippen LogP contribution in [0.25, 0.3) is 0 Å². The molecule has 0 fully saturated rings. The standard InChI is InChI=1S/C16H17Cl2NO/c1-9-8-14(20-3)10(2)7-11(9)16(19)15-12(17)5-4-6-13(15)18/h4-8,16H,19H2,1-3H3. The van der Waals surface area contributed by atoms with Gasteiger partial charge in [-0.2, -0.15) is 0 Å². The molecule has 2 nitrogen and oxygen atoms in total. The van der Waals surface area contributed by atoms with Crippen LogP contribution in [0.1, 0.15) is 28.3 Å². The molecule has 0 aliphatic heterocycles. The van der Waals surface area contributed by atoms with Gasteiger partial charge in [-0.05, 0) is 48.7 Å². The lowest BCUT2D eigenvalue weighted by atomic mass is 9.93. The highest BCUT2D eigenvalue weighted by Gasteiger charge is 2.19. The Morgan fingerprint density at radius 2 is 1.65 bits per heavy atom. The van der Waals surface area contributed by atoms with Crippen LogP contribution in [0.2, 0.25) is 10.0 Å². The molecule has 0 heterocycles. The molecule has 2 aromatic rings. The molecule has 0 amide bonds. The molecule has 106 valence electrons. The molecule has 1 unspecified atom stereocenters. The van der Waals surface area contributed by atoms with Gasteiger partial charge in [0.05, 0.1) is 13.2 Å². The zero-order valence-corrected chi connectivity index (χ0v) is 13.2. The van der Waals surface area contributed by atoms with Crippen molar-refractivity contribution >= 4 is 23.2 Å². The van der Waals surface area contributed by atoms with Crippen molar-refractivity contribution in [1.82, 2.24) is 0 Å². The van der Waals surface area contributed by atoms with Crippen LogP contribution in [0.15, 0.2) is 30.3 Å². The molecule has 0 saturated carbocycles. The van der Waals surface area contributed by atoms with Crippen LogP contribution in [0.5, 0.6) is 5.75 Å². The molecule has 20 heavy (non-hydrogen) atoms. The maximum Gasteiger partial charge on any atom is 0.122 e. The van der Waals surface area contributed by atoms with Gasteiger partial charge >= 0.3 is 0 Å². The molecule has 0 aromatic heterocycles. The molecule has 4 heteroatoms. The predicted molar refractivity (Wildman–Crippen MR) is 85.0 cm³/mol. The Morgan fingerprint density at radius 1 is 1.05 bits per heavy atom. The molecule has 0 aliphatic rings. The number of nitrogens with two attached hydrogens (primary N) is 1. The van der Waals surface area contributed by atoms with Crippen molar-refractivity contribution < 1.29 is 4.74 Å². The number of rotatable bonds is 3. The number of aryl methyl sites for hydroxylation is 2. The minimum atomic E-state index is -0.360. The van der Waals surface area contributed by atoms with Crippen molar-refractivity contribution in [1.29, 1.82) is 0 Å². The second-order valence-electron chi connectivity index (χ2n) is 4.79. The first kappa shape index (κ1) is 15.2. The van der Waals surface area contributed by atoms with E-state index in [1.165, 1.54) is 0 Å². The summed E-state index contributed by atoms with van der Waals surface area (Å²) in [4.78, 5) is 0. The van der Waals surface area contributed by atoms with E-state index >= 15 is 0 Å². The molecule has 0 bridgehead atoms. The third-order valence-corrected chi connectivity index (χ3v) is 4.09. The van der Waals surface area contributed by atoms with Crippen LogP contribution < -0.4 is 10.5 Å². The van der Waals surface area contributed by atoms with Crippen molar-refractivity contribution in [2.75, 3.05) is 7.11 Å². The lowest BCUT2D eigenvalue weighted by Gasteiger charge is -2.19. The minimum absolute atomic E-state index is 0.360. The fourth-order valence-electron chi connectivity index (χ4n) is 2.33. The zero-order valence-electron chi connectivity index (χ0n) is 11.7. The molecule has 1 atom stereocenters. The molecule has 2 aromatic carbocycles. The Labute approximate surface area is 129 Å². The number of benzene rings is 2. The third kappa shape index (κ3) is 2.78. The number of halogens is 2. The van der Waals surface area contributed by atoms with Crippen molar-refractivity contribution in [3.63, 3.8) is 0 Å². The van der Waals surface area contributed by atoms with Crippen LogP contribution in [-0.2, 0) is 0 Å². The summed E-state index contributed by atoms with van der Waals surface area (Å²) in [5.41, 5.74) is 10.2. The van der Waals surface area contributed by atoms with Crippen LogP contribution in [0.3, 0.4) is 0 Å². The number of hydrogen-bond donors (Lipinski definition) is 1. The highest BCUT2D eigenvalue weighted by Crippen LogP contribution is 2.35. The summed E-state index contributed by atoms with van der Waals surface area (Å²) < 4.78 is 5.32. The van der Waals surface area contributed by atoms with Gasteiger partial charge in [0.25, 0.3) is 0 Å². The van der Waals surface area contributed by atoms with Crippen molar-refractivity contribution in [3.8, 4) is 5.75 Å². The first-order valence-electron chi connectivity index (χ1n) is 6.30. The van der Waals surface area contributed by atoms with E-state index in [1.807, 2.05) is 32.0 Å². The summed E-state index contributed by atoms with van der Waals surface area (Å²) in [6, 6.07) is 9.06. The average Bonchev–Trinajstić information content (AvgIpc) is 2.40. The van der Waals surface area contributed by atoms with Gasteiger partial charge in [0.1, 0.15) is 5.75 Å². The summed E-state index contributed by atoms with van der Waals surface area (Å²) in [6.07, 6.45) is 0. The molecular formula is C16H17Cl2NO. The quantitative estimate of drug-likeness (QED) is 0.894. The number of ether oxygens (including phenoxy) is 1.